The minimum Gasteiger partial charge on any atom is -0.354 e. The van der Waals surface area contributed by atoms with Gasteiger partial charge in [0.1, 0.15) is 0 Å². The molecule has 3 heteroatoms. The summed E-state index contributed by atoms with van der Waals surface area (Å²) in [5.41, 5.74) is 0.369. The molecule has 2 aliphatic rings. The molecular weight excluding hydrogens is 188 g/mol. The summed E-state index contributed by atoms with van der Waals surface area (Å²) < 4.78 is 0. The molecule has 0 radical (unpaired) electrons. The number of hydrogen-bond donors (Lipinski definition) is 2. The molecule has 3 nitrogen and oxygen atoms in total. The zero-order valence-corrected chi connectivity index (χ0v) is 9.64. The highest BCUT2D eigenvalue weighted by atomic mass is 16.2. The first-order valence-corrected chi connectivity index (χ1v) is 6.21. The monoisotopic (exact) mass is 210 g/mol. The smallest absolute Gasteiger partial charge is 0.237 e. The molecule has 86 valence electrons. The van der Waals surface area contributed by atoms with E-state index in [1.165, 1.54) is 25.7 Å². The van der Waals surface area contributed by atoms with E-state index in [0.29, 0.717) is 5.41 Å². The number of rotatable bonds is 3. The largest absolute Gasteiger partial charge is 0.354 e. The Morgan fingerprint density at radius 2 is 2.13 bits per heavy atom. The van der Waals surface area contributed by atoms with Gasteiger partial charge >= 0.3 is 0 Å². The Morgan fingerprint density at radius 1 is 1.40 bits per heavy atom. The average Bonchev–Trinajstić information content (AvgIpc) is 2.85. The number of hydrogen-bond acceptors (Lipinski definition) is 2. The van der Waals surface area contributed by atoms with Crippen LogP contribution in [0.3, 0.4) is 0 Å². The van der Waals surface area contributed by atoms with Crippen LogP contribution in [0, 0.1) is 5.41 Å². The molecule has 0 aromatic heterocycles. The van der Waals surface area contributed by atoms with Gasteiger partial charge < -0.3 is 10.6 Å². The van der Waals surface area contributed by atoms with Crippen molar-refractivity contribution in [3.63, 3.8) is 0 Å². The van der Waals surface area contributed by atoms with E-state index in [9.17, 15) is 4.79 Å². The van der Waals surface area contributed by atoms with Gasteiger partial charge in [0, 0.05) is 6.54 Å². The first-order valence-electron chi connectivity index (χ1n) is 6.21. The molecule has 1 aliphatic heterocycles. The van der Waals surface area contributed by atoms with E-state index in [-0.39, 0.29) is 11.9 Å². The number of nitrogens with one attached hydrogen (secondary N) is 2. The molecule has 1 saturated heterocycles. The van der Waals surface area contributed by atoms with Gasteiger partial charge in [-0.2, -0.15) is 0 Å². The van der Waals surface area contributed by atoms with Crippen molar-refractivity contribution in [2.24, 2.45) is 5.41 Å². The van der Waals surface area contributed by atoms with E-state index in [1.807, 2.05) is 0 Å². The van der Waals surface area contributed by atoms with Crippen LogP contribution in [-0.2, 0) is 4.79 Å². The van der Waals surface area contributed by atoms with Gasteiger partial charge in [-0.1, -0.05) is 19.8 Å². The molecule has 15 heavy (non-hydrogen) atoms. The van der Waals surface area contributed by atoms with Crippen molar-refractivity contribution in [1.29, 1.82) is 0 Å². The topological polar surface area (TPSA) is 41.1 Å². The Hall–Kier alpha value is -0.570. The van der Waals surface area contributed by atoms with Gasteiger partial charge in [-0.05, 0) is 37.6 Å². The molecule has 2 fully saturated rings. The summed E-state index contributed by atoms with van der Waals surface area (Å²) in [6.07, 6.45) is 7.33. The molecule has 0 aromatic rings. The van der Waals surface area contributed by atoms with Gasteiger partial charge in [0.05, 0.1) is 6.04 Å². The molecule has 1 amide bonds. The van der Waals surface area contributed by atoms with Crippen molar-refractivity contribution >= 4 is 5.91 Å². The first kappa shape index (κ1) is 10.9. The zero-order valence-electron chi connectivity index (χ0n) is 9.64. The van der Waals surface area contributed by atoms with Crippen LogP contribution in [-0.4, -0.2) is 25.0 Å². The Morgan fingerprint density at radius 3 is 2.73 bits per heavy atom. The van der Waals surface area contributed by atoms with E-state index >= 15 is 0 Å². The maximum absolute atomic E-state index is 11.8. The van der Waals surface area contributed by atoms with Crippen molar-refractivity contribution in [2.45, 2.75) is 51.5 Å². The van der Waals surface area contributed by atoms with Crippen molar-refractivity contribution in [2.75, 3.05) is 13.1 Å². The standard InChI is InChI=1S/C12H22N2O/c1-12(6-2-3-7-12)9-14-11(15)10-5-4-8-13-10/h10,13H,2-9H2,1H3,(H,14,15). The van der Waals surface area contributed by atoms with Crippen LogP contribution in [0.1, 0.15) is 45.4 Å². The summed E-state index contributed by atoms with van der Waals surface area (Å²) in [5.74, 6) is 0.209. The van der Waals surface area contributed by atoms with Crippen molar-refractivity contribution in [3.05, 3.63) is 0 Å². The molecule has 1 aliphatic carbocycles. The van der Waals surface area contributed by atoms with E-state index in [4.69, 9.17) is 0 Å². The third kappa shape index (κ3) is 2.71. The Labute approximate surface area is 92.0 Å². The van der Waals surface area contributed by atoms with Gasteiger partial charge in [0.25, 0.3) is 0 Å². The highest BCUT2D eigenvalue weighted by molar-refractivity contribution is 5.82. The third-order valence-electron chi connectivity index (χ3n) is 3.88. The molecule has 0 bridgehead atoms. The molecule has 0 aromatic carbocycles. The molecule has 1 heterocycles. The summed E-state index contributed by atoms with van der Waals surface area (Å²) in [6.45, 7) is 4.15. The highest BCUT2D eigenvalue weighted by Crippen LogP contribution is 2.36. The Kier molecular flexibility index (Phi) is 3.29. The van der Waals surface area contributed by atoms with E-state index < -0.39 is 0 Å². The lowest BCUT2D eigenvalue weighted by molar-refractivity contribution is -0.123. The van der Waals surface area contributed by atoms with Gasteiger partial charge in [-0.15, -0.1) is 0 Å². The maximum atomic E-state index is 11.8. The van der Waals surface area contributed by atoms with Crippen molar-refractivity contribution in [3.8, 4) is 0 Å². The second kappa shape index (κ2) is 4.52. The Bertz CT molecular complexity index is 228. The number of carbonyl (C=O) groups excluding carboxylic acids is 1. The van der Waals surface area contributed by atoms with E-state index in [1.54, 1.807) is 0 Å². The Balaban J connectivity index is 1.74. The quantitative estimate of drug-likeness (QED) is 0.740. The number of carbonyl (C=O) groups is 1. The summed E-state index contributed by atoms with van der Waals surface area (Å²) in [4.78, 5) is 11.8. The molecular formula is C12H22N2O. The molecule has 1 unspecified atom stereocenters. The van der Waals surface area contributed by atoms with Gasteiger partial charge in [-0.25, -0.2) is 0 Å². The predicted octanol–water partition coefficient (Wildman–Crippen LogP) is 1.43. The molecule has 2 N–H and O–H groups in total. The fraction of sp³-hybridized carbons (Fsp3) is 0.917. The average molecular weight is 210 g/mol. The van der Waals surface area contributed by atoms with E-state index in [2.05, 4.69) is 17.6 Å². The lowest BCUT2D eigenvalue weighted by atomic mass is 9.89. The van der Waals surface area contributed by atoms with Crippen LogP contribution in [0.5, 0.6) is 0 Å². The highest BCUT2D eigenvalue weighted by Gasteiger charge is 2.30. The van der Waals surface area contributed by atoms with Crippen LogP contribution in [0.4, 0.5) is 0 Å². The summed E-state index contributed by atoms with van der Waals surface area (Å²) >= 11 is 0. The second-order valence-electron chi connectivity index (χ2n) is 5.38. The normalized spacial score (nSPS) is 29.3. The second-order valence-corrected chi connectivity index (χ2v) is 5.38. The minimum atomic E-state index is 0.0787. The lowest BCUT2D eigenvalue weighted by Gasteiger charge is -2.24. The third-order valence-corrected chi connectivity index (χ3v) is 3.88. The van der Waals surface area contributed by atoms with Crippen LogP contribution in [0.2, 0.25) is 0 Å². The van der Waals surface area contributed by atoms with Crippen LogP contribution in [0.15, 0.2) is 0 Å². The van der Waals surface area contributed by atoms with Gasteiger partial charge in [-0.3, -0.25) is 4.79 Å². The van der Waals surface area contributed by atoms with Crippen LogP contribution < -0.4 is 10.6 Å². The summed E-state index contributed by atoms with van der Waals surface area (Å²) in [5, 5.41) is 6.34. The van der Waals surface area contributed by atoms with E-state index in [0.717, 1.165) is 25.9 Å². The zero-order chi connectivity index (χ0) is 10.7. The molecule has 1 saturated carbocycles. The molecule has 2 rings (SSSR count). The molecule has 0 spiro atoms. The molecule has 1 atom stereocenters. The summed E-state index contributed by atoms with van der Waals surface area (Å²) in [6, 6.07) is 0.0787. The first-order chi connectivity index (χ1) is 7.20. The van der Waals surface area contributed by atoms with Gasteiger partial charge in [0.15, 0.2) is 0 Å². The fourth-order valence-corrected chi connectivity index (χ4v) is 2.74. The van der Waals surface area contributed by atoms with Crippen LogP contribution >= 0.6 is 0 Å². The van der Waals surface area contributed by atoms with Crippen molar-refractivity contribution < 1.29 is 4.79 Å². The summed E-state index contributed by atoms with van der Waals surface area (Å²) in [7, 11) is 0. The predicted molar refractivity (Wildman–Crippen MR) is 60.6 cm³/mol. The van der Waals surface area contributed by atoms with Crippen molar-refractivity contribution in [1.82, 2.24) is 10.6 Å². The van der Waals surface area contributed by atoms with Gasteiger partial charge in [0.2, 0.25) is 5.91 Å². The lowest BCUT2D eigenvalue weighted by Crippen LogP contribution is -2.43. The fourth-order valence-electron chi connectivity index (χ4n) is 2.74. The van der Waals surface area contributed by atoms with Crippen LogP contribution in [0.25, 0.3) is 0 Å². The maximum Gasteiger partial charge on any atom is 0.237 e. The SMILES string of the molecule is CC1(CNC(=O)C2CCCN2)CCCC1. The number of amides is 1. The minimum absolute atomic E-state index is 0.0787.